The monoisotopic (exact) mass is 376 g/mol. The number of carbonyl (C=O) groups is 1. The van der Waals surface area contributed by atoms with Gasteiger partial charge in [0.1, 0.15) is 5.75 Å². The largest absolute Gasteiger partial charge is 0.497 e. The Labute approximate surface area is 154 Å². The van der Waals surface area contributed by atoms with Crippen LogP contribution in [0.3, 0.4) is 0 Å². The topological polar surface area (TPSA) is 84.5 Å². The zero-order valence-corrected chi connectivity index (χ0v) is 16.2. The lowest BCUT2D eigenvalue weighted by atomic mass is 10.1. The second kappa shape index (κ2) is 7.88. The van der Waals surface area contributed by atoms with E-state index < -0.39 is 15.6 Å². The van der Waals surface area contributed by atoms with Crippen molar-refractivity contribution in [3.05, 3.63) is 59.7 Å². The molecule has 0 atom stereocenters. The lowest BCUT2D eigenvalue weighted by Crippen LogP contribution is -2.40. The summed E-state index contributed by atoms with van der Waals surface area (Å²) >= 11 is 0. The van der Waals surface area contributed by atoms with Gasteiger partial charge in [0.15, 0.2) is 0 Å². The summed E-state index contributed by atoms with van der Waals surface area (Å²) in [4.78, 5) is 12.4. The van der Waals surface area contributed by atoms with E-state index in [9.17, 15) is 13.2 Å². The maximum Gasteiger partial charge on any atom is 0.251 e. The van der Waals surface area contributed by atoms with Crippen molar-refractivity contribution < 1.29 is 17.9 Å². The van der Waals surface area contributed by atoms with Gasteiger partial charge in [0, 0.05) is 17.6 Å². The van der Waals surface area contributed by atoms with Crippen LogP contribution in [0.15, 0.2) is 53.4 Å². The molecule has 0 aromatic heterocycles. The summed E-state index contributed by atoms with van der Waals surface area (Å²) in [5.74, 6) is 0.443. The van der Waals surface area contributed by atoms with Crippen LogP contribution < -0.4 is 14.8 Å². The number of methoxy groups -OCH3 is 1. The highest BCUT2D eigenvalue weighted by atomic mass is 32.2. The predicted molar refractivity (Wildman–Crippen MR) is 101 cm³/mol. The first-order valence-corrected chi connectivity index (χ1v) is 9.64. The number of carbonyl (C=O) groups excluding carboxylic acids is 1. The molecule has 0 spiro atoms. The lowest BCUT2D eigenvalue weighted by Gasteiger charge is -2.20. The molecule has 0 fully saturated rings. The van der Waals surface area contributed by atoms with Gasteiger partial charge in [0.05, 0.1) is 12.0 Å². The molecule has 26 heavy (non-hydrogen) atoms. The second-order valence-electron chi connectivity index (χ2n) is 6.91. The van der Waals surface area contributed by atoms with E-state index in [1.54, 1.807) is 27.9 Å². The normalized spacial score (nSPS) is 11.8. The van der Waals surface area contributed by atoms with Gasteiger partial charge in [-0.25, -0.2) is 13.1 Å². The molecule has 0 saturated heterocycles. The molecule has 2 aromatic rings. The molecular weight excluding hydrogens is 352 g/mol. The Balaban J connectivity index is 2.04. The van der Waals surface area contributed by atoms with Crippen LogP contribution in [-0.2, 0) is 16.6 Å². The third kappa shape index (κ3) is 5.57. The Morgan fingerprint density at radius 1 is 1.08 bits per heavy atom. The van der Waals surface area contributed by atoms with Gasteiger partial charge in [0.2, 0.25) is 10.0 Å². The molecule has 0 bridgehead atoms. The van der Waals surface area contributed by atoms with Crippen molar-refractivity contribution in [2.45, 2.75) is 37.8 Å². The molecule has 0 aliphatic carbocycles. The van der Waals surface area contributed by atoms with Crippen molar-refractivity contribution in [2.24, 2.45) is 0 Å². The summed E-state index contributed by atoms with van der Waals surface area (Å²) in [7, 11) is -2.03. The number of hydrogen-bond acceptors (Lipinski definition) is 4. The summed E-state index contributed by atoms with van der Waals surface area (Å²) in [5, 5.41) is 2.80. The van der Waals surface area contributed by atoms with Crippen LogP contribution in [0.4, 0.5) is 0 Å². The van der Waals surface area contributed by atoms with Crippen LogP contribution in [0, 0.1) is 0 Å². The zero-order chi connectivity index (χ0) is 19.4. The highest BCUT2D eigenvalue weighted by Gasteiger charge is 2.22. The Hall–Kier alpha value is -2.38. The summed E-state index contributed by atoms with van der Waals surface area (Å²) < 4.78 is 32.3. The molecule has 0 unspecified atom stereocenters. The number of ether oxygens (including phenoxy) is 1. The molecule has 2 rings (SSSR count). The minimum Gasteiger partial charge on any atom is -0.497 e. The molecule has 0 heterocycles. The lowest BCUT2D eigenvalue weighted by molar-refractivity contribution is 0.0950. The average molecular weight is 376 g/mol. The molecule has 0 aliphatic rings. The maximum atomic E-state index is 12.3. The zero-order valence-electron chi connectivity index (χ0n) is 15.4. The first-order chi connectivity index (χ1) is 12.1. The molecule has 2 N–H and O–H groups in total. The molecule has 0 radical (unpaired) electrons. The fourth-order valence-corrected chi connectivity index (χ4v) is 3.73. The molecule has 0 saturated carbocycles. The first-order valence-electron chi connectivity index (χ1n) is 8.16. The number of sulfonamides is 1. The summed E-state index contributed by atoms with van der Waals surface area (Å²) in [6, 6.07) is 13.3. The Kier molecular flexibility index (Phi) is 6.05. The molecule has 1 amide bonds. The number of hydrogen-bond donors (Lipinski definition) is 2. The Morgan fingerprint density at radius 2 is 1.73 bits per heavy atom. The van der Waals surface area contributed by atoms with Crippen LogP contribution in [-0.4, -0.2) is 27.0 Å². The maximum absolute atomic E-state index is 12.3. The van der Waals surface area contributed by atoms with E-state index in [0.717, 1.165) is 11.3 Å². The van der Waals surface area contributed by atoms with Crippen molar-refractivity contribution >= 4 is 15.9 Å². The van der Waals surface area contributed by atoms with Crippen molar-refractivity contribution in [2.75, 3.05) is 7.11 Å². The quantitative estimate of drug-likeness (QED) is 0.812. The third-order valence-electron chi connectivity index (χ3n) is 3.45. The summed E-state index contributed by atoms with van der Waals surface area (Å²) in [5.41, 5.74) is 0.722. The number of rotatable bonds is 6. The van der Waals surface area contributed by atoms with E-state index in [0.29, 0.717) is 12.1 Å². The first kappa shape index (κ1) is 19.9. The Bertz CT molecular complexity index is 869. The van der Waals surface area contributed by atoms with Gasteiger partial charge in [-0.2, -0.15) is 0 Å². The van der Waals surface area contributed by atoms with Gasteiger partial charge in [-0.3, -0.25) is 4.79 Å². The van der Waals surface area contributed by atoms with Crippen molar-refractivity contribution in [3.8, 4) is 5.75 Å². The van der Waals surface area contributed by atoms with Crippen LogP contribution in [0.1, 0.15) is 36.7 Å². The van der Waals surface area contributed by atoms with Gasteiger partial charge in [-0.1, -0.05) is 12.1 Å². The SMILES string of the molecule is COc1cccc(CNC(=O)c2ccc(S(=O)(=O)NC(C)(C)C)cc2)c1. The predicted octanol–water partition coefficient (Wildman–Crippen LogP) is 2.70. The number of benzene rings is 2. The van der Waals surface area contributed by atoms with Gasteiger partial charge < -0.3 is 10.1 Å². The van der Waals surface area contributed by atoms with Crippen molar-refractivity contribution in [1.82, 2.24) is 10.0 Å². The van der Waals surface area contributed by atoms with E-state index in [2.05, 4.69) is 10.0 Å². The molecule has 0 aliphatic heterocycles. The van der Waals surface area contributed by atoms with E-state index >= 15 is 0 Å². The van der Waals surface area contributed by atoms with Crippen LogP contribution in [0.25, 0.3) is 0 Å². The standard InChI is InChI=1S/C19H24N2O4S/c1-19(2,3)21-26(23,24)17-10-8-15(9-11-17)18(22)20-13-14-6-5-7-16(12-14)25-4/h5-12,21H,13H2,1-4H3,(H,20,22). The molecule has 6 nitrogen and oxygen atoms in total. The van der Waals surface area contributed by atoms with Gasteiger partial charge in [-0.15, -0.1) is 0 Å². The molecule has 140 valence electrons. The third-order valence-corrected chi connectivity index (χ3v) is 5.23. The van der Waals surface area contributed by atoms with E-state index in [4.69, 9.17) is 4.74 Å². The highest BCUT2D eigenvalue weighted by Crippen LogP contribution is 2.15. The Morgan fingerprint density at radius 3 is 2.31 bits per heavy atom. The smallest absolute Gasteiger partial charge is 0.251 e. The molecular formula is C19H24N2O4S. The van der Waals surface area contributed by atoms with Crippen molar-refractivity contribution in [3.63, 3.8) is 0 Å². The van der Waals surface area contributed by atoms with Gasteiger partial charge >= 0.3 is 0 Å². The van der Waals surface area contributed by atoms with Gasteiger partial charge in [0.25, 0.3) is 5.91 Å². The van der Waals surface area contributed by atoms with Gasteiger partial charge in [-0.05, 0) is 62.7 Å². The fourth-order valence-electron chi connectivity index (χ4n) is 2.31. The minimum atomic E-state index is -3.62. The molecule has 7 heteroatoms. The highest BCUT2D eigenvalue weighted by molar-refractivity contribution is 7.89. The summed E-state index contributed by atoms with van der Waals surface area (Å²) in [6.07, 6.45) is 0. The number of nitrogens with one attached hydrogen (secondary N) is 2. The average Bonchev–Trinajstić information content (AvgIpc) is 2.58. The second-order valence-corrected chi connectivity index (χ2v) is 8.60. The van der Waals surface area contributed by atoms with E-state index in [-0.39, 0.29) is 10.8 Å². The van der Waals surface area contributed by atoms with Crippen molar-refractivity contribution in [1.29, 1.82) is 0 Å². The molecule has 2 aromatic carbocycles. The number of amides is 1. The summed E-state index contributed by atoms with van der Waals surface area (Å²) in [6.45, 7) is 5.66. The van der Waals surface area contributed by atoms with Crippen LogP contribution >= 0.6 is 0 Å². The van der Waals surface area contributed by atoms with Crippen LogP contribution in [0.5, 0.6) is 5.75 Å². The minimum absolute atomic E-state index is 0.122. The van der Waals surface area contributed by atoms with E-state index in [1.165, 1.54) is 24.3 Å². The van der Waals surface area contributed by atoms with E-state index in [1.807, 2.05) is 24.3 Å². The van der Waals surface area contributed by atoms with Crippen LogP contribution in [0.2, 0.25) is 0 Å². The fraction of sp³-hybridized carbons (Fsp3) is 0.316.